The van der Waals surface area contributed by atoms with Crippen molar-refractivity contribution in [2.75, 3.05) is 18.1 Å². The lowest BCUT2D eigenvalue weighted by atomic mass is 9.79. The van der Waals surface area contributed by atoms with Crippen LogP contribution >= 0.6 is 11.8 Å². The van der Waals surface area contributed by atoms with Gasteiger partial charge in [0.25, 0.3) is 0 Å². The molecule has 0 bridgehead atoms. The molecule has 0 radical (unpaired) electrons. The van der Waals surface area contributed by atoms with Gasteiger partial charge in [0.05, 0.1) is 0 Å². The summed E-state index contributed by atoms with van der Waals surface area (Å²) in [6.45, 7) is 3.60. The highest BCUT2D eigenvalue weighted by molar-refractivity contribution is 7.99. The summed E-state index contributed by atoms with van der Waals surface area (Å²) in [5, 5.41) is 3.55. The molecule has 2 atom stereocenters. The molecule has 0 aromatic heterocycles. The van der Waals surface area contributed by atoms with E-state index < -0.39 is 0 Å². The van der Waals surface area contributed by atoms with Crippen LogP contribution < -0.4 is 5.32 Å². The fourth-order valence-corrected chi connectivity index (χ4v) is 3.93. The standard InChI is InChI=1S/C11H21NS/c1-9-8-11(2-5-12-9)10-3-6-13-7-4-10/h9-12H,2-8H2,1H3. The molecule has 0 aromatic carbocycles. The Labute approximate surface area is 86.0 Å². The second-order valence-electron chi connectivity index (χ2n) is 4.59. The Hall–Kier alpha value is 0.310. The van der Waals surface area contributed by atoms with Crippen LogP contribution in [0.15, 0.2) is 0 Å². The van der Waals surface area contributed by atoms with Crippen LogP contribution in [0.3, 0.4) is 0 Å². The Morgan fingerprint density at radius 1 is 1.08 bits per heavy atom. The SMILES string of the molecule is CC1CC(C2CCSCC2)CCN1. The van der Waals surface area contributed by atoms with Crippen molar-refractivity contribution >= 4 is 11.8 Å². The van der Waals surface area contributed by atoms with Crippen LogP contribution in [0.2, 0.25) is 0 Å². The van der Waals surface area contributed by atoms with Crippen molar-refractivity contribution in [3.05, 3.63) is 0 Å². The maximum absolute atomic E-state index is 3.55. The lowest BCUT2D eigenvalue weighted by molar-refractivity contribution is 0.216. The van der Waals surface area contributed by atoms with E-state index in [9.17, 15) is 0 Å². The first-order chi connectivity index (χ1) is 6.36. The van der Waals surface area contributed by atoms with Gasteiger partial charge in [-0.05, 0) is 62.5 Å². The van der Waals surface area contributed by atoms with E-state index in [0.717, 1.165) is 17.9 Å². The van der Waals surface area contributed by atoms with Crippen molar-refractivity contribution < 1.29 is 0 Å². The van der Waals surface area contributed by atoms with Crippen molar-refractivity contribution in [2.24, 2.45) is 11.8 Å². The van der Waals surface area contributed by atoms with Gasteiger partial charge in [0.15, 0.2) is 0 Å². The van der Waals surface area contributed by atoms with E-state index in [0.29, 0.717) is 0 Å². The molecule has 0 aliphatic carbocycles. The zero-order valence-electron chi connectivity index (χ0n) is 8.59. The second-order valence-corrected chi connectivity index (χ2v) is 5.81. The van der Waals surface area contributed by atoms with E-state index >= 15 is 0 Å². The first kappa shape index (κ1) is 9.85. The minimum absolute atomic E-state index is 0.772. The third kappa shape index (κ3) is 2.63. The van der Waals surface area contributed by atoms with E-state index in [2.05, 4.69) is 24.0 Å². The summed E-state index contributed by atoms with van der Waals surface area (Å²) in [6, 6.07) is 0.772. The first-order valence-electron chi connectivity index (χ1n) is 5.67. The maximum Gasteiger partial charge on any atom is 0.00414 e. The smallest absolute Gasteiger partial charge is 0.00414 e. The lowest BCUT2D eigenvalue weighted by Crippen LogP contribution is -2.39. The molecular weight excluding hydrogens is 178 g/mol. The Kier molecular flexibility index (Phi) is 3.56. The molecule has 2 heteroatoms. The van der Waals surface area contributed by atoms with Crippen LogP contribution in [0.25, 0.3) is 0 Å². The van der Waals surface area contributed by atoms with Crippen molar-refractivity contribution in [1.29, 1.82) is 0 Å². The van der Waals surface area contributed by atoms with Crippen molar-refractivity contribution in [2.45, 2.75) is 38.6 Å². The number of rotatable bonds is 1. The van der Waals surface area contributed by atoms with Crippen molar-refractivity contribution in [3.63, 3.8) is 0 Å². The Morgan fingerprint density at radius 3 is 2.54 bits per heavy atom. The van der Waals surface area contributed by atoms with E-state index in [1.165, 1.54) is 43.7 Å². The molecule has 2 fully saturated rings. The molecule has 0 saturated carbocycles. The van der Waals surface area contributed by atoms with Gasteiger partial charge >= 0.3 is 0 Å². The minimum Gasteiger partial charge on any atom is -0.314 e. The highest BCUT2D eigenvalue weighted by Crippen LogP contribution is 2.34. The van der Waals surface area contributed by atoms with Crippen LogP contribution in [-0.4, -0.2) is 24.1 Å². The predicted molar refractivity (Wildman–Crippen MR) is 60.2 cm³/mol. The quantitative estimate of drug-likeness (QED) is 0.696. The van der Waals surface area contributed by atoms with Gasteiger partial charge in [0.2, 0.25) is 0 Å². The summed E-state index contributed by atoms with van der Waals surface area (Å²) in [5.74, 6) is 4.94. The van der Waals surface area contributed by atoms with Crippen molar-refractivity contribution in [1.82, 2.24) is 5.32 Å². The number of piperidine rings is 1. The van der Waals surface area contributed by atoms with Crippen molar-refractivity contribution in [3.8, 4) is 0 Å². The minimum atomic E-state index is 0.772. The summed E-state index contributed by atoms with van der Waals surface area (Å²) < 4.78 is 0. The summed E-state index contributed by atoms with van der Waals surface area (Å²) in [7, 11) is 0. The molecule has 2 saturated heterocycles. The average molecular weight is 199 g/mol. The molecule has 1 N–H and O–H groups in total. The normalized spacial score (nSPS) is 37.6. The fraction of sp³-hybridized carbons (Fsp3) is 1.00. The lowest BCUT2D eigenvalue weighted by Gasteiger charge is -2.35. The summed E-state index contributed by atoms with van der Waals surface area (Å²) in [4.78, 5) is 0. The van der Waals surface area contributed by atoms with Gasteiger partial charge in [-0.3, -0.25) is 0 Å². The van der Waals surface area contributed by atoms with Crippen LogP contribution in [0, 0.1) is 11.8 Å². The maximum atomic E-state index is 3.55. The third-order valence-corrected chi connectivity index (χ3v) is 4.65. The van der Waals surface area contributed by atoms with Gasteiger partial charge in [0, 0.05) is 6.04 Å². The van der Waals surface area contributed by atoms with Crippen LogP contribution in [-0.2, 0) is 0 Å². The molecule has 0 spiro atoms. The summed E-state index contributed by atoms with van der Waals surface area (Å²) in [5.41, 5.74) is 0. The third-order valence-electron chi connectivity index (χ3n) is 3.60. The average Bonchev–Trinajstić information content (AvgIpc) is 2.19. The number of hydrogen-bond acceptors (Lipinski definition) is 2. The molecule has 0 aromatic rings. The molecular formula is C11H21NS. The van der Waals surface area contributed by atoms with Crippen LogP contribution in [0.5, 0.6) is 0 Å². The predicted octanol–water partition coefficient (Wildman–Crippen LogP) is 2.52. The van der Waals surface area contributed by atoms with Gasteiger partial charge in [-0.1, -0.05) is 0 Å². The highest BCUT2D eigenvalue weighted by atomic mass is 32.2. The van der Waals surface area contributed by atoms with Crippen LogP contribution in [0.1, 0.15) is 32.6 Å². The topological polar surface area (TPSA) is 12.0 Å². The molecule has 0 amide bonds. The zero-order chi connectivity index (χ0) is 9.10. The van der Waals surface area contributed by atoms with E-state index in [-0.39, 0.29) is 0 Å². The van der Waals surface area contributed by atoms with Crippen LogP contribution in [0.4, 0.5) is 0 Å². The van der Waals surface area contributed by atoms with E-state index in [1.807, 2.05) is 0 Å². The Bertz CT molecular complexity index is 154. The van der Waals surface area contributed by atoms with Gasteiger partial charge < -0.3 is 5.32 Å². The summed E-state index contributed by atoms with van der Waals surface area (Å²) >= 11 is 2.15. The van der Waals surface area contributed by atoms with Gasteiger partial charge in [-0.2, -0.15) is 11.8 Å². The number of hydrogen-bond donors (Lipinski definition) is 1. The Morgan fingerprint density at radius 2 is 1.85 bits per heavy atom. The molecule has 2 aliphatic heterocycles. The Balaban J connectivity index is 1.83. The van der Waals surface area contributed by atoms with Gasteiger partial charge in [-0.25, -0.2) is 0 Å². The number of nitrogens with one attached hydrogen (secondary N) is 1. The first-order valence-corrected chi connectivity index (χ1v) is 6.83. The molecule has 2 rings (SSSR count). The monoisotopic (exact) mass is 199 g/mol. The molecule has 2 unspecified atom stereocenters. The number of thioether (sulfide) groups is 1. The van der Waals surface area contributed by atoms with Gasteiger partial charge in [0.1, 0.15) is 0 Å². The molecule has 13 heavy (non-hydrogen) atoms. The second kappa shape index (κ2) is 4.70. The highest BCUT2D eigenvalue weighted by Gasteiger charge is 2.27. The van der Waals surface area contributed by atoms with E-state index in [4.69, 9.17) is 0 Å². The molecule has 2 aliphatic rings. The summed E-state index contributed by atoms with van der Waals surface area (Å²) in [6.07, 6.45) is 5.83. The largest absolute Gasteiger partial charge is 0.314 e. The fourth-order valence-electron chi connectivity index (χ4n) is 2.79. The van der Waals surface area contributed by atoms with E-state index in [1.54, 1.807) is 0 Å². The molecule has 2 heterocycles. The molecule has 1 nitrogen and oxygen atoms in total. The van der Waals surface area contributed by atoms with Gasteiger partial charge in [-0.15, -0.1) is 0 Å². The molecule has 76 valence electrons. The zero-order valence-corrected chi connectivity index (χ0v) is 9.41.